The number of nitrogens with zero attached hydrogens (tertiary/aromatic N) is 2. The first kappa shape index (κ1) is 18.5. The van der Waals surface area contributed by atoms with Crippen molar-refractivity contribution in [1.29, 1.82) is 0 Å². The van der Waals surface area contributed by atoms with E-state index in [1.807, 2.05) is 60.7 Å². The van der Waals surface area contributed by atoms with Crippen molar-refractivity contribution in [2.24, 2.45) is 0 Å². The van der Waals surface area contributed by atoms with Crippen LogP contribution in [0.3, 0.4) is 0 Å². The molecule has 5 heteroatoms. The monoisotopic (exact) mass is 409 g/mol. The molecular weight excluding hydrogens is 390 g/mol. The van der Waals surface area contributed by atoms with Gasteiger partial charge >= 0.3 is 0 Å². The van der Waals surface area contributed by atoms with E-state index >= 15 is 0 Å². The standard InChI is InChI=1S/C25H19N3OS/c29-24-22-15-6-7-16-23(22)26-25(28(24)27-20-12-2-1-3-13-20)30-17-19-11-8-10-18-9-4-5-14-21(18)19/h1-16,27H,17H2. The fourth-order valence-electron chi connectivity index (χ4n) is 3.51. The van der Waals surface area contributed by atoms with Gasteiger partial charge in [-0.25, -0.2) is 4.98 Å². The van der Waals surface area contributed by atoms with Crippen LogP contribution in [0, 0.1) is 0 Å². The second-order valence-corrected chi connectivity index (χ2v) is 7.90. The van der Waals surface area contributed by atoms with Crippen LogP contribution in [0.25, 0.3) is 21.7 Å². The maximum absolute atomic E-state index is 13.2. The van der Waals surface area contributed by atoms with Crippen molar-refractivity contribution in [1.82, 2.24) is 9.66 Å². The van der Waals surface area contributed by atoms with Crippen LogP contribution in [0.15, 0.2) is 107 Å². The average molecular weight is 410 g/mol. The van der Waals surface area contributed by atoms with Crippen LogP contribution in [0.5, 0.6) is 0 Å². The second kappa shape index (κ2) is 8.05. The lowest BCUT2D eigenvalue weighted by atomic mass is 10.1. The highest BCUT2D eigenvalue weighted by Crippen LogP contribution is 2.27. The number of para-hydroxylation sites is 2. The molecule has 0 saturated heterocycles. The van der Waals surface area contributed by atoms with Gasteiger partial charge in [0, 0.05) is 5.75 Å². The largest absolute Gasteiger partial charge is 0.289 e. The van der Waals surface area contributed by atoms with E-state index in [0.717, 1.165) is 5.69 Å². The van der Waals surface area contributed by atoms with Crippen LogP contribution < -0.4 is 11.0 Å². The molecule has 5 rings (SSSR count). The second-order valence-electron chi connectivity index (χ2n) is 6.96. The minimum atomic E-state index is -0.107. The number of fused-ring (bicyclic) bond motifs is 2. The van der Waals surface area contributed by atoms with Crippen molar-refractivity contribution in [3.63, 3.8) is 0 Å². The third-order valence-electron chi connectivity index (χ3n) is 5.00. The lowest BCUT2D eigenvalue weighted by molar-refractivity contribution is 0.757. The summed E-state index contributed by atoms with van der Waals surface area (Å²) in [5, 5.41) is 3.66. The summed E-state index contributed by atoms with van der Waals surface area (Å²) in [4.78, 5) is 18.0. The molecule has 0 aliphatic heterocycles. The van der Waals surface area contributed by atoms with E-state index < -0.39 is 0 Å². The summed E-state index contributed by atoms with van der Waals surface area (Å²) in [5.74, 6) is 0.711. The van der Waals surface area contributed by atoms with Crippen LogP contribution in [0.4, 0.5) is 5.69 Å². The van der Waals surface area contributed by atoms with Gasteiger partial charge in [-0.15, -0.1) is 0 Å². The molecule has 0 unspecified atom stereocenters. The zero-order chi connectivity index (χ0) is 20.3. The first-order valence-corrected chi connectivity index (χ1v) is 10.7. The summed E-state index contributed by atoms with van der Waals surface area (Å²) in [7, 11) is 0. The number of aromatic nitrogens is 2. The van der Waals surface area contributed by atoms with Crippen LogP contribution in [-0.2, 0) is 5.75 Å². The molecular formula is C25H19N3OS. The van der Waals surface area contributed by atoms with Gasteiger partial charge in [-0.3, -0.25) is 10.2 Å². The van der Waals surface area contributed by atoms with E-state index in [-0.39, 0.29) is 5.56 Å². The zero-order valence-corrected chi connectivity index (χ0v) is 17.0. The van der Waals surface area contributed by atoms with Gasteiger partial charge in [0.2, 0.25) is 0 Å². The molecule has 0 radical (unpaired) electrons. The van der Waals surface area contributed by atoms with E-state index in [1.54, 1.807) is 16.4 Å². The van der Waals surface area contributed by atoms with Crippen molar-refractivity contribution < 1.29 is 0 Å². The molecule has 0 saturated carbocycles. The predicted octanol–water partition coefficient (Wildman–Crippen LogP) is 5.72. The highest BCUT2D eigenvalue weighted by atomic mass is 32.2. The number of hydrogen-bond acceptors (Lipinski definition) is 4. The normalized spacial score (nSPS) is 11.1. The minimum absolute atomic E-state index is 0.107. The summed E-state index contributed by atoms with van der Waals surface area (Å²) in [6.45, 7) is 0. The number of nitrogens with one attached hydrogen (secondary N) is 1. The van der Waals surface area contributed by atoms with Gasteiger partial charge in [-0.2, -0.15) is 4.68 Å². The van der Waals surface area contributed by atoms with E-state index in [9.17, 15) is 4.79 Å². The molecule has 0 fully saturated rings. The number of benzene rings is 4. The summed E-state index contributed by atoms with van der Waals surface area (Å²) < 4.78 is 1.55. The number of anilines is 1. The van der Waals surface area contributed by atoms with Crippen LogP contribution in [0.1, 0.15) is 5.56 Å². The van der Waals surface area contributed by atoms with E-state index in [0.29, 0.717) is 21.8 Å². The summed E-state index contributed by atoms with van der Waals surface area (Å²) in [6, 6.07) is 31.8. The maximum atomic E-state index is 13.2. The summed E-state index contributed by atoms with van der Waals surface area (Å²) in [6.07, 6.45) is 0. The predicted molar refractivity (Wildman–Crippen MR) is 125 cm³/mol. The molecule has 1 aromatic heterocycles. The molecule has 4 aromatic carbocycles. The van der Waals surface area contributed by atoms with E-state index in [2.05, 4.69) is 41.8 Å². The number of rotatable bonds is 5. The van der Waals surface area contributed by atoms with Crippen molar-refractivity contribution in [3.8, 4) is 0 Å². The Kier molecular flexibility index (Phi) is 4.95. The third kappa shape index (κ3) is 3.55. The van der Waals surface area contributed by atoms with Gasteiger partial charge in [0.1, 0.15) is 0 Å². The molecule has 0 aliphatic carbocycles. The van der Waals surface area contributed by atoms with Gasteiger partial charge < -0.3 is 0 Å². The summed E-state index contributed by atoms with van der Waals surface area (Å²) in [5.41, 5.74) is 5.87. The molecule has 5 aromatic rings. The fourth-order valence-corrected chi connectivity index (χ4v) is 4.47. The zero-order valence-electron chi connectivity index (χ0n) is 16.2. The highest BCUT2D eigenvalue weighted by Gasteiger charge is 2.13. The Morgan fingerprint density at radius 3 is 2.33 bits per heavy atom. The topological polar surface area (TPSA) is 46.9 Å². The smallest absolute Gasteiger partial charge is 0.280 e. The fraction of sp³-hybridized carbons (Fsp3) is 0.0400. The molecule has 1 N–H and O–H groups in total. The lowest BCUT2D eigenvalue weighted by Gasteiger charge is -2.15. The van der Waals surface area contributed by atoms with Crippen LogP contribution in [0.2, 0.25) is 0 Å². The van der Waals surface area contributed by atoms with Gasteiger partial charge in [0.25, 0.3) is 5.56 Å². The first-order valence-electron chi connectivity index (χ1n) is 9.73. The summed E-state index contributed by atoms with van der Waals surface area (Å²) >= 11 is 1.55. The lowest BCUT2D eigenvalue weighted by Crippen LogP contribution is -2.29. The van der Waals surface area contributed by atoms with E-state index in [4.69, 9.17) is 4.98 Å². The maximum Gasteiger partial charge on any atom is 0.280 e. The van der Waals surface area contributed by atoms with Crippen LogP contribution in [-0.4, -0.2) is 9.66 Å². The molecule has 4 nitrogen and oxygen atoms in total. The Morgan fingerprint density at radius 2 is 1.47 bits per heavy atom. The molecule has 0 atom stereocenters. The average Bonchev–Trinajstić information content (AvgIpc) is 2.80. The Hall–Kier alpha value is -3.57. The quantitative estimate of drug-likeness (QED) is 0.298. The Balaban J connectivity index is 1.57. The van der Waals surface area contributed by atoms with Crippen molar-refractivity contribution >= 4 is 39.1 Å². The number of hydrogen-bond donors (Lipinski definition) is 1. The van der Waals surface area contributed by atoms with Crippen molar-refractivity contribution in [2.45, 2.75) is 10.9 Å². The SMILES string of the molecule is O=c1c2ccccc2nc(SCc2cccc3ccccc23)n1Nc1ccccc1. The van der Waals surface area contributed by atoms with E-state index in [1.165, 1.54) is 16.3 Å². The molecule has 30 heavy (non-hydrogen) atoms. The third-order valence-corrected chi connectivity index (χ3v) is 5.98. The molecule has 0 bridgehead atoms. The Bertz CT molecular complexity index is 1390. The van der Waals surface area contributed by atoms with Crippen LogP contribution >= 0.6 is 11.8 Å². The van der Waals surface area contributed by atoms with Gasteiger partial charge in [0.05, 0.1) is 16.6 Å². The van der Waals surface area contributed by atoms with Gasteiger partial charge in [-0.05, 0) is 40.6 Å². The molecule has 0 aliphatic rings. The molecule has 1 heterocycles. The van der Waals surface area contributed by atoms with Gasteiger partial charge in [0.15, 0.2) is 5.16 Å². The van der Waals surface area contributed by atoms with Crippen molar-refractivity contribution in [3.05, 3.63) is 113 Å². The molecule has 0 spiro atoms. The minimum Gasteiger partial charge on any atom is -0.289 e. The number of thioether (sulfide) groups is 1. The Labute approximate surface area is 178 Å². The molecule has 146 valence electrons. The Morgan fingerprint density at radius 1 is 0.767 bits per heavy atom. The first-order chi connectivity index (χ1) is 14.8. The van der Waals surface area contributed by atoms with Gasteiger partial charge in [-0.1, -0.05) is 84.6 Å². The highest BCUT2D eigenvalue weighted by molar-refractivity contribution is 7.98. The molecule has 0 amide bonds. The van der Waals surface area contributed by atoms with Crippen molar-refractivity contribution in [2.75, 3.05) is 5.43 Å².